The number of aryl methyl sites for hydroxylation is 1. The van der Waals surface area contributed by atoms with Crippen LogP contribution in [0.3, 0.4) is 0 Å². The molecule has 1 aromatic carbocycles. The molecule has 0 saturated heterocycles. The van der Waals surface area contributed by atoms with Crippen molar-refractivity contribution in [1.29, 1.82) is 0 Å². The van der Waals surface area contributed by atoms with Crippen molar-refractivity contribution in [2.45, 2.75) is 26.3 Å². The first kappa shape index (κ1) is 12.4. The van der Waals surface area contributed by atoms with Crippen molar-refractivity contribution in [3.8, 4) is 0 Å². The average Bonchev–Trinajstić information content (AvgIpc) is 2.25. The molecule has 0 heterocycles. The molecule has 0 aromatic heterocycles. The maximum atomic E-state index is 2.31. The second kappa shape index (κ2) is 6.06. The highest BCUT2D eigenvalue weighted by molar-refractivity contribution is 7.98. The van der Waals surface area contributed by atoms with Gasteiger partial charge in [-0.3, -0.25) is 0 Å². The van der Waals surface area contributed by atoms with Crippen LogP contribution >= 0.6 is 11.8 Å². The first-order valence-corrected chi connectivity index (χ1v) is 6.85. The molecule has 0 amide bonds. The summed E-state index contributed by atoms with van der Waals surface area (Å²) in [4.78, 5) is 2.31. The second-order valence-electron chi connectivity index (χ2n) is 4.12. The highest BCUT2D eigenvalue weighted by Gasteiger charge is 2.04. The van der Waals surface area contributed by atoms with E-state index in [1.165, 1.54) is 23.4 Å². The lowest BCUT2D eigenvalue weighted by molar-refractivity contribution is 0.754. The summed E-state index contributed by atoms with van der Waals surface area (Å²) in [6.45, 7) is 4.43. The Morgan fingerprint density at radius 1 is 1.33 bits per heavy atom. The number of rotatable bonds is 5. The summed E-state index contributed by atoms with van der Waals surface area (Å²) in [5.41, 5.74) is 2.76. The summed E-state index contributed by atoms with van der Waals surface area (Å²) in [6.07, 6.45) is 3.32. The minimum Gasteiger partial charge on any atom is -0.372 e. The van der Waals surface area contributed by atoms with E-state index < -0.39 is 0 Å². The minimum atomic E-state index is 0.556. The number of nitrogens with zero attached hydrogens (tertiary/aromatic N) is 1. The van der Waals surface area contributed by atoms with E-state index in [1.54, 1.807) is 0 Å². The smallest absolute Gasteiger partial charge is 0.0368 e. The molecule has 0 N–H and O–H groups in total. The van der Waals surface area contributed by atoms with E-state index in [9.17, 15) is 0 Å². The van der Waals surface area contributed by atoms with Crippen molar-refractivity contribution in [3.05, 3.63) is 29.8 Å². The second-order valence-corrected chi connectivity index (χ2v) is 5.10. The molecule has 0 aliphatic carbocycles. The molecule has 1 aromatic rings. The van der Waals surface area contributed by atoms with Crippen molar-refractivity contribution < 1.29 is 0 Å². The van der Waals surface area contributed by atoms with Crippen LogP contribution in [0, 0.1) is 0 Å². The van der Waals surface area contributed by atoms with Gasteiger partial charge in [-0.05, 0) is 50.0 Å². The Balaban J connectivity index is 2.73. The Morgan fingerprint density at radius 3 is 2.67 bits per heavy atom. The van der Waals surface area contributed by atoms with Gasteiger partial charge in [0.15, 0.2) is 0 Å². The summed E-state index contributed by atoms with van der Waals surface area (Å²) in [7, 11) is 2.15. The van der Waals surface area contributed by atoms with Crippen LogP contribution in [0.2, 0.25) is 0 Å². The third-order valence-corrected chi connectivity index (χ3v) is 3.30. The Labute approximate surface area is 97.9 Å². The SMILES string of the molecule is CSCCc1cccc(N(C)C(C)C)c1. The van der Waals surface area contributed by atoms with E-state index >= 15 is 0 Å². The minimum absolute atomic E-state index is 0.556. The molecular formula is C13H21NS. The molecule has 0 aliphatic rings. The molecule has 0 unspecified atom stereocenters. The van der Waals surface area contributed by atoms with Gasteiger partial charge in [-0.2, -0.15) is 11.8 Å². The number of anilines is 1. The molecule has 1 nitrogen and oxygen atoms in total. The van der Waals surface area contributed by atoms with Gasteiger partial charge in [-0.1, -0.05) is 12.1 Å². The molecule has 1 rings (SSSR count). The zero-order valence-corrected chi connectivity index (χ0v) is 11.0. The largest absolute Gasteiger partial charge is 0.372 e. The third-order valence-electron chi connectivity index (χ3n) is 2.69. The van der Waals surface area contributed by atoms with Crippen LogP contribution in [0.15, 0.2) is 24.3 Å². The molecule has 0 atom stereocenters. The molecule has 0 saturated carbocycles. The molecule has 0 fully saturated rings. The molecule has 0 bridgehead atoms. The maximum Gasteiger partial charge on any atom is 0.0368 e. The van der Waals surface area contributed by atoms with Gasteiger partial charge in [-0.15, -0.1) is 0 Å². The Kier molecular flexibility index (Phi) is 5.03. The van der Waals surface area contributed by atoms with Crippen molar-refractivity contribution in [3.63, 3.8) is 0 Å². The normalized spacial score (nSPS) is 10.7. The summed E-state index contributed by atoms with van der Waals surface area (Å²) in [6, 6.07) is 9.41. The number of benzene rings is 1. The Morgan fingerprint density at radius 2 is 2.07 bits per heavy atom. The quantitative estimate of drug-likeness (QED) is 0.752. The Hall–Kier alpha value is -0.630. The van der Waals surface area contributed by atoms with Gasteiger partial charge in [0.05, 0.1) is 0 Å². The van der Waals surface area contributed by atoms with Crippen LogP contribution in [0.25, 0.3) is 0 Å². The van der Waals surface area contributed by atoms with Crippen LogP contribution in [0.1, 0.15) is 19.4 Å². The maximum absolute atomic E-state index is 2.31. The highest BCUT2D eigenvalue weighted by Crippen LogP contribution is 2.17. The van der Waals surface area contributed by atoms with Crippen LogP contribution in [-0.2, 0) is 6.42 Å². The van der Waals surface area contributed by atoms with Gasteiger partial charge < -0.3 is 4.90 Å². The van der Waals surface area contributed by atoms with Crippen molar-refractivity contribution >= 4 is 17.4 Å². The number of thioether (sulfide) groups is 1. The van der Waals surface area contributed by atoms with Gasteiger partial charge in [-0.25, -0.2) is 0 Å². The topological polar surface area (TPSA) is 3.24 Å². The van der Waals surface area contributed by atoms with Crippen molar-refractivity contribution in [2.75, 3.05) is 24.0 Å². The van der Waals surface area contributed by atoms with E-state index in [1.807, 2.05) is 11.8 Å². The summed E-state index contributed by atoms with van der Waals surface area (Å²) >= 11 is 1.90. The lowest BCUT2D eigenvalue weighted by Crippen LogP contribution is -2.25. The van der Waals surface area contributed by atoms with Crippen molar-refractivity contribution in [2.24, 2.45) is 0 Å². The van der Waals surface area contributed by atoms with Gasteiger partial charge in [0.1, 0.15) is 0 Å². The fourth-order valence-electron chi connectivity index (χ4n) is 1.45. The van der Waals surface area contributed by atoms with E-state index in [0.717, 1.165) is 0 Å². The van der Waals surface area contributed by atoms with Crippen LogP contribution in [0.5, 0.6) is 0 Å². The number of hydrogen-bond acceptors (Lipinski definition) is 2. The zero-order chi connectivity index (χ0) is 11.3. The fourth-order valence-corrected chi connectivity index (χ4v) is 1.89. The molecule has 84 valence electrons. The average molecular weight is 223 g/mol. The van der Waals surface area contributed by atoms with Crippen LogP contribution < -0.4 is 4.90 Å². The lowest BCUT2D eigenvalue weighted by Gasteiger charge is -2.24. The first-order valence-electron chi connectivity index (χ1n) is 5.46. The molecule has 0 aliphatic heterocycles. The van der Waals surface area contributed by atoms with Gasteiger partial charge in [0.2, 0.25) is 0 Å². The summed E-state index contributed by atoms with van der Waals surface area (Å²) in [5.74, 6) is 1.20. The van der Waals surface area contributed by atoms with E-state index in [4.69, 9.17) is 0 Å². The van der Waals surface area contributed by atoms with E-state index in [-0.39, 0.29) is 0 Å². The highest BCUT2D eigenvalue weighted by atomic mass is 32.2. The predicted molar refractivity (Wildman–Crippen MR) is 72.1 cm³/mol. The molecule has 2 heteroatoms. The monoisotopic (exact) mass is 223 g/mol. The van der Waals surface area contributed by atoms with E-state index in [2.05, 4.69) is 56.3 Å². The fraction of sp³-hybridized carbons (Fsp3) is 0.538. The van der Waals surface area contributed by atoms with Gasteiger partial charge in [0, 0.05) is 18.8 Å². The van der Waals surface area contributed by atoms with Gasteiger partial charge in [0.25, 0.3) is 0 Å². The predicted octanol–water partition coefficient (Wildman–Crippen LogP) is 3.44. The Bertz CT molecular complexity index is 296. The first-order chi connectivity index (χ1) is 7.15. The summed E-state index contributed by atoms with van der Waals surface area (Å²) < 4.78 is 0. The third kappa shape index (κ3) is 3.78. The molecule has 0 radical (unpaired) electrons. The van der Waals surface area contributed by atoms with Crippen LogP contribution in [0.4, 0.5) is 5.69 Å². The van der Waals surface area contributed by atoms with Gasteiger partial charge >= 0.3 is 0 Å². The van der Waals surface area contributed by atoms with Crippen molar-refractivity contribution in [1.82, 2.24) is 0 Å². The number of hydrogen-bond donors (Lipinski definition) is 0. The zero-order valence-electron chi connectivity index (χ0n) is 10.2. The molecule has 0 spiro atoms. The standard InChI is InChI=1S/C13H21NS/c1-11(2)14(3)13-7-5-6-12(10-13)8-9-15-4/h5-7,10-11H,8-9H2,1-4H3. The molecule has 15 heavy (non-hydrogen) atoms. The van der Waals surface area contributed by atoms with Crippen LogP contribution in [-0.4, -0.2) is 25.1 Å². The summed E-state index contributed by atoms with van der Waals surface area (Å²) in [5, 5.41) is 0. The van der Waals surface area contributed by atoms with E-state index in [0.29, 0.717) is 6.04 Å². The molecular weight excluding hydrogens is 202 g/mol. The lowest BCUT2D eigenvalue weighted by atomic mass is 10.1.